The minimum absolute atomic E-state index is 0.472. The van der Waals surface area contributed by atoms with E-state index in [1.165, 1.54) is 11.4 Å². The molecule has 0 bridgehead atoms. The molecule has 0 spiro atoms. The van der Waals surface area contributed by atoms with E-state index in [9.17, 15) is 0 Å². The van der Waals surface area contributed by atoms with Gasteiger partial charge in [-0.3, -0.25) is 4.98 Å². The van der Waals surface area contributed by atoms with Crippen LogP contribution in [0.15, 0.2) is 54.9 Å². The first-order chi connectivity index (χ1) is 8.33. The van der Waals surface area contributed by atoms with Crippen LogP contribution in [0.4, 0.5) is 11.4 Å². The molecular formula is C15H18N2. The largest absolute Gasteiger partial charge is 0.339 e. The van der Waals surface area contributed by atoms with Gasteiger partial charge in [0.05, 0.1) is 0 Å². The Labute approximate surface area is 103 Å². The molecule has 0 N–H and O–H groups in total. The van der Waals surface area contributed by atoms with Gasteiger partial charge in [-0.25, -0.2) is 0 Å². The Morgan fingerprint density at radius 1 is 1.00 bits per heavy atom. The summed E-state index contributed by atoms with van der Waals surface area (Å²) in [7, 11) is 0. The number of anilines is 2. The standard InChI is InChI=1S/C15H18N2/c1-3-13(2)17(14-7-5-4-6-8-14)15-9-11-16-12-10-15/h4-13H,3H2,1-2H3. The van der Waals surface area contributed by atoms with Crippen LogP contribution in [0.5, 0.6) is 0 Å². The normalized spacial score (nSPS) is 12.1. The van der Waals surface area contributed by atoms with E-state index in [0.29, 0.717) is 6.04 Å². The third-order valence-corrected chi connectivity index (χ3v) is 3.01. The van der Waals surface area contributed by atoms with Crippen LogP contribution in [0.2, 0.25) is 0 Å². The number of para-hydroxylation sites is 1. The molecule has 2 rings (SSSR count). The van der Waals surface area contributed by atoms with Gasteiger partial charge in [0, 0.05) is 29.8 Å². The molecule has 2 nitrogen and oxygen atoms in total. The van der Waals surface area contributed by atoms with Gasteiger partial charge < -0.3 is 4.90 Å². The number of benzene rings is 1. The Kier molecular flexibility index (Phi) is 3.76. The Hall–Kier alpha value is -1.83. The molecule has 1 aromatic heterocycles. The van der Waals surface area contributed by atoms with Crippen molar-refractivity contribution in [2.24, 2.45) is 0 Å². The number of nitrogens with zero attached hydrogens (tertiary/aromatic N) is 2. The smallest absolute Gasteiger partial charge is 0.0444 e. The van der Waals surface area contributed by atoms with Gasteiger partial charge in [0.15, 0.2) is 0 Å². The summed E-state index contributed by atoms with van der Waals surface area (Å²) in [5, 5.41) is 0. The molecule has 0 aliphatic rings. The summed E-state index contributed by atoms with van der Waals surface area (Å²) in [5.41, 5.74) is 2.42. The highest BCUT2D eigenvalue weighted by Crippen LogP contribution is 2.27. The Bertz CT molecular complexity index is 399. The van der Waals surface area contributed by atoms with Gasteiger partial charge in [-0.15, -0.1) is 0 Å². The second kappa shape index (κ2) is 5.48. The highest BCUT2D eigenvalue weighted by atomic mass is 15.2. The maximum atomic E-state index is 4.08. The maximum Gasteiger partial charge on any atom is 0.0444 e. The predicted octanol–water partition coefficient (Wildman–Crippen LogP) is 4.02. The van der Waals surface area contributed by atoms with Gasteiger partial charge >= 0.3 is 0 Å². The van der Waals surface area contributed by atoms with E-state index in [0.717, 1.165) is 6.42 Å². The van der Waals surface area contributed by atoms with Gasteiger partial charge in [-0.05, 0) is 37.6 Å². The molecular weight excluding hydrogens is 208 g/mol. The van der Waals surface area contributed by atoms with Crippen molar-refractivity contribution in [2.75, 3.05) is 4.90 Å². The molecule has 17 heavy (non-hydrogen) atoms. The van der Waals surface area contributed by atoms with Gasteiger partial charge in [0.1, 0.15) is 0 Å². The quantitative estimate of drug-likeness (QED) is 0.782. The summed E-state index contributed by atoms with van der Waals surface area (Å²) < 4.78 is 0. The summed E-state index contributed by atoms with van der Waals surface area (Å²) in [6.45, 7) is 4.45. The average Bonchev–Trinajstić information content (AvgIpc) is 2.41. The highest BCUT2D eigenvalue weighted by molar-refractivity contribution is 5.63. The first-order valence-corrected chi connectivity index (χ1v) is 6.07. The molecule has 2 aromatic rings. The fourth-order valence-electron chi connectivity index (χ4n) is 1.93. The SMILES string of the molecule is CCC(C)N(c1ccccc1)c1ccncc1. The average molecular weight is 226 g/mol. The second-order valence-electron chi connectivity index (χ2n) is 4.17. The molecule has 0 aliphatic carbocycles. The molecule has 0 amide bonds. The van der Waals surface area contributed by atoms with E-state index in [-0.39, 0.29) is 0 Å². The lowest BCUT2D eigenvalue weighted by Crippen LogP contribution is -2.27. The van der Waals surface area contributed by atoms with E-state index in [1.807, 2.05) is 18.5 Å². The molecule has 0 saturated heterocycles. The van der Waals surface area contributed by atoms with E-state index >= 15 is 0 Å². The van der Waals surface area contributed by atoms with Crippen molar-refractivity contribution >= 4 is 11.4 Å². The van der Waals surface area contributed by atoms with Gasteiger partial charge in [-0.2, -0.15) is 0 Å². The van der Waals surface area contributed by atoms with Crippen LogP contribution in [0, 0.1) is 0 Å². The van der Waals surface area contributed by atoms with E-state index < -0.39 is 0 Å². The molecule has 0 radical (unpaired) electrons. The van der Waals surface area contributed by atoms with E-state index in [1.54, 1.807) is 0 Å². The topological polar surface area (TPSA) is 16.1 Å². The fraction of sp³-hybridized carbons (Fsp3) is 0.267. The van der Waals surface area contributed by atoms with Crippen LogP contribution in [0.1, 0.15) is 20.3 Å². The van der Waals surface area contributed by atoms with Crippen molar-refractivity contribution < 1.29 is 0 Å². The molecule has 1 aromatic carbocycles. The maximum absolute atomic E-state index is 4.08. The van der Waals surface area contributed by atoms with Crippen LogP contribution in [-0.2, 0) is 0 Å². The lowest BCUT2D eigenvalue weighted by Gasteiger charge is -2.30. The van der Waals surface area contributed by atoms with Crippen LogP contribution < -0.4 is 4.90 Å². The summed E-state index contributed by atoms with van der Waals surface area (Å²) in [6.07, 6.45) is 4.79. The highest BCUT2D eigenvalue weighted by Gasteiger charge is 2.14. The second-order valence-corrected chi connectivity index (χ2v) is 4.17. The minimum atomic E-state index is 0.472. The van der Waals surface area contributed by atoms with Crippen molar-refractivity contribution in [2.45, 2.75) is 26.3 Å². The molecule has 0 fully saturated rings. The lowest BCUT2D eigenvalue weighted by molar-refractivity contribution is 0.688. The number of hydrogen-bond donors (Lipinski definition) is 0. The van der Waals surface area contributed by atoms with Gasteiger partial charge in [-0.1, -0.05) is 25.1 Å². The Morgan fingerprint density at radius 2 is 1.59 bits per heavy atom. The third-order valence-electron chi connectivity index (χ3n) is 3.01. The van der Waals surface area contributed by atoms with E-state index in [4.69, 9.17) is 0 Å². The van der Waals surface area contributed by atoms with Crippen LogP contribution >= 0.6 is 0 Å². The van der Waals surface area contributed by atoms with Crippen molar-refractivity contribution in [1.29, 1.82) is 0 Å². The monoisotopic (exact) mass is 226 g/mol. The molecule has 0 aliphatic heterocycles. The van der Waals surface area contributed by atoms with Crippen molar-refractivity contribution in [3.8, 4) is 0 Å². The Balaban J connectivity index is 2.39. The summed E-state index contributed by atoms with van der Waals surface area (Å²) in [6, 6.07) is 15.1. The zero-order chi connectivity index (χ0) is 12.1. The third kappa shape index (κ3) is 2.64. The fourth-order valence-corrected chi connectivity index (χ4v) is 1.93. The number of pyridine rings is 1. The summed E-state index contributed by atoms with van der Waals surface area (Å²) in [5.74, 6) is 0. The van der Waals surface area contributed by atoms with Gasteiger partial charge in [0.2, 0.25) is 0 Å². The first-order valence-electron chi connectivity index (χ1n) is 6.07. The Morgan fingerprint density at radius 3 is 2.18 bits per heavy atom. The summed E-state index contributed by atoms with van der Waals surface area (Å²) in [4.78, 5) is 6.43. The molecule has 0 saturated carbocycles. The molecule has 1 unspecified atom stereocenters. The number of hydrogen-bond acceptors (Lipinski definition) is 2. The molecule has 88 valence electrons. The number of aromatic nitrogens is 1. The zero-order valence-electron chi connectivity index (χ0n) is 10.4. The predicted molar refractivity (Wildman–Crippen MR) is 72.6 cm³/mol. The molecule has 1 atom stereocenters. The minimum Gasteiger partial charge on any atom is -0.339 e. The van der Waals surface area contributed by atoms with Crippen molar-refractivity contribution in [3.05, 3.63) is 54.9 Å². The molecule has 2 heteroatoms. The summed E-state index contributed by atoms with van der Waals surface area (Å²) >= 11 is 0. The van der Waals surface area contributed by atoms with E-state index in [2.05, 4.69) is 60.1 Å². The van der Waals surface area contributed by atoms with Crippen molar-refractivity contribution in [3.63, 3.8) is 0 Å². The van der Waals surface area contributed by atoms with Crippen LogP contribution in [0.3, 0.4) is 0 Å². The van der Waals surface area contributed by atoms with Crippen molar-refractivity contribution in [1.82, 2.24) is 4.98 Å². The van der Waals surface area contributed by atoms with Gasteiger partial charge in [0.25, 0.3) is 0 Å². The van der Waals surface area contributed by atoms with Crippen LogP contribution in [-0.4, -0.2) is 11.0 Å². The number of rotatable bonds is 4. The molecule has 1 heterocycles. The lowest BCUT2D eigenvalue weighted by atomic mass is 10.1. The zero-order valence-corrected chi connectivity index (χ0v) is 10.4. The van der Waals surface area contributed by atoms with Crippen LogP contribution in [0.25, 0.3) is 0 Å². The first kappa shape index (κ1) is 11.6.